The second-order valence-electron chi connectivity index (χ2n) is 5.36. The zero-order valence-electron chi connectivity index (χ0n) is 13.9. The number of methoxy groups -OCH3 is 1. The summed E-state index contributed by atoms with van der Waals surface area (Å²) in [5.41, 5.74) is 1.53. The molecular weight excluding hydrogens is 318 g/mol. The van der Waals surface area contributed by atoms with Gasteiger partial charge in [-0.15, -0.1) is 0 Å². The molecular formula is C19H19N3O3. The maximum absolute atomic E-state index is 12.1. The van der Waals surface area contributed by atoms with E-state index in [-0.39, 0.29) is 5.91 Å². The molecule has 1 aromatic carbocycles. The largest absolute Gasteiger partial charge is 0.496 e. The van der Waals surface area contributed by atoms with Crippen molar-refractivity contribution in [2.45, 2.75) is 13.1 Å². The minimum absolute atomic E-state index is 0.194. The van der Waals surface area contributed by atoms with Gasteiger partial charge in [-0.3, -0.25) is 4.79 Å². The molecule has 2 aromatic heterocycles. The molecule has 128 valence electrons. The van der Waals surface area contributed by atoms with E-state index in [2.05, 4.69) is 15.6 Å². The number of nitrogens with one attached hydrogen (secondary N) is 2. The quantitative estimate of drug-likeness (QED) is 0.692. The number of para-hydroxylation sites is 1. The minimum atomic E-state index is -0.194. The van der Waals surface area contributed by atoms with E-state index < -0.39 is 0 Å². The molecule has 3 aromatic rings. The first-order chi connectivity index (χ1) is 12.3. The number of anilines is 1. The van der Waals surface area contributed by atoms with Crippen LogP contribution in [0.4, 0.5) is 5.82 Å². The summed E-state index contributed by atoms with van der Waals surface area (Å²) in [4.78, 5) is 16.4. The molecule has 25 heavy (non-hydrogen) atoms. The third kappa shape index (κ3) is 4.38. The number of pyridine rings is 1. The van der Waals surface area contributed by atoms with Gasteiger partial charge < -0.3 is 19.8 Å². The van der Waals surface area contributed by atoms with Crippen molar-refractivity contribution in [1.82, 2.24) is 10.3 Å². The summed E-state index contributed by atoms with van der Waals surface area (Å²) in [5.74, 6) is 2.02. The maximum atomic E-state index is 12.1. The van der Waals surface area contributed by atoms with Crippen molar-refractivity contribution in [2.75, 3.05) is 12.4 Å². The number of rotatable bonds is 7. The van der Waals surface area contributed by atoms with Gasteiger partial charge in [0.1, 0.15) is 17.3 Å². The summed E-state index contributed by atoms with van der Waals surface area (Å²) in [5, 5.41) is 6.00. The highest BCUT2D eigenvalue weighted by Gasteiger charge is 2.07. The number of furan rings is 1. The lowest BCUT2D eigenvalue weighted by Crippen LogP contribution is -2.22. The number of amides is 1. The Bertz CT molecular complexity index is 814. The third-order valence-corrected chi connectivity index (χ3v) is 3.68. The molecule has 0 fully saturated rings. The van der Waals surface area contributed by atoms with Crippen molar-refractivity contribution in [2.24, 2.45) is 0 Å². The SMILES string of the molecule is COc1ccccc1CNc1ccc(C(=O)NCc2ccco2)cn1. The van der Waals surface area contributed by atoms with E-state index in [4.69, 9.17) is 9.15 Å². The number of aromatic nitrogens is 1. The van der Waals surface area contributed by atoms with Gasteiger partial charge in [-0.2, -0.15) is 0 Å². The highest BCUT2D eigenvalue weighted by atomic mass is 16.5. The molecule has 0 aliphatic heterocycles. The average molecular weight is 337 g/mol. The Morgan fingerprint density at radius 3 is 2.72 bits per heavy atom. The van der Waals surface area contributed by atoms with E-state index in [1.807, 2.05) is 30.3 Å². The number of hydrogen-bond donors (Lipinski definition) is 2. The predicted molar refractivity (Wildman–Crippen MR) is 94.4 cm³/mol. The van der Waals surface area contributed by atoms with Crippen LogP contribution in [0, 0.1) is 0 Å². The number of carbonyl (C=O) groups excluding carboxylic acids is 1. The van der Waals surface area contributed by atoms with Gasteiger partial charge in [-0.05, 0) is 30.3 Å². The van der Waals surface area contributed by atoms with Crippen LogP contribution < -0.4 is 15.4 Å². The van der Waals surface area contributed by atoms with Gasteiger partial charge in [0.05, 0.1) is 25.5 Å². The lowest BCUT2D eigenvalue weighted by molar-refractivity contribution is 0.0947. The van der Waals surface area contributed by atoms with E-state index in [0.29, 0.717) is 30.2 Å². The van der Waals surface area contributed by atoms with E-state index in [1.54, 1.807) is 37.8 Å². The zero-order chi connectivity index (χ0) is 17.5. The zero-order valence-corrected chi connectivity index (χ0v) is 13.9. The topological polar surface area (TPSA) is 76.4 Å². The van der Waals surface area contributed by atoms with Crippen molar-refractivity contribution in [3.63, 3.8) is 0 Å². The van der Waals surface area contributed by atoms with Crippen LogP contribution in [0.1, 0.15) is 21.7 Å². The van der Waals surface area contributed by atoms with Crippen molar-refractivity contribution < 1.29 is 13.9 Å². The van der Waals surface area contributed by atoms with Gasteiger partial charge in [-0.25, -0.2) is 4.98 Å². The van der Waals surface area contributed by atoms with Crippen LogP contribution in [0.25, 0.3) is 0 Å². The number of benzene rings is 1. The Morgan fingerprint density at radius 1 is 1.12 bits per heavy atom. The Morgan fingerprint density at radius 2 is 2.00 bits per heavy atom. The van der Waals surface area contributed by atoms with E-state index in [9.17, 15) is 4.79 Å². The van der Waals surface area contributed by atoms with Crippen LogP contribution in [0.3, 0.4) is 0 Å². The molecule has 0 atom stereocenters. The van der Waals surface area contributed by atoms with Crippen molar-refractivity contribution in [1.29, 1.82) is 0 Å². The molecule has 6 heteroatoms. The second-order valence-corrected chi connectivity index (χ2v) is 5.36. The summed E-state index contributed by atoms with van der Waals surface area (Å²) < 4.78 is 10.5. The first kappa shape index (κ1) is 16.6. The van der Waals surface area contributed by atoms with Crippen LogP contribution >= 0.6 is 0 Å². The molecule has 0 aliphatic rings. The Labute approximate surface area is 145 Å². The third-order valence-electron chi connectivity index (χ3n) is 3.68. The summed E-state index contributed by atoms with van der Waals surface area (Å²) >= 11 is 0. The van der Waals surface area contributed by atoms with Gasteiger partial charge >= 0.3 is 0 Å². The molecule has 0 unspecified atom stereocenters. The summed E-state index contributed by atoms with van der Waals surface area (Å²) in [6.07, 6.45) is 3.12. The molecule has 1 amide bonds. The van der Waals surface area contributed by atoms with E-state index in [1.165, 1.54) is 0 Å². The molecule has 0 saturated heterocycles. The molecule has 0 bridgehead atoms. The highest BCUT2D eigenvalue weighted by Crippen LogP contribution is 2.18. The number of hydrogen-bond acceptors (Lipinski definition) is 5. The molecule has 0 aliphatic carbocycles. The van der Waals surface area contributed by atoms with Gasteiger partial charge in [0.15, 0.2) is 0 Å². The maximum Gasteiger partial charge on any atom is 0.253 e. The fraction of sp³-hybridized carbons (Fsp3) is 0.158. The highest BCUT2D eigenvalue weighted by molar-refractivity contribution is 5.93. The first-order valence-electron chi connectivity index (χ1n) is 7.88. The number of nitrogens with zero attached hydrogens (tertiary/aromatic N) is 1. The Hall–Kier alpha value is -3.28. The Kier molecular flexibility index (Phi) is 5.31. The molecule has 0 saturated carbocycles. The fourth-order valence-corrected chi connectivity index (χ4v) is 2.35. The molecule has 0 radical (unpaired) electrons. The average Bonchev–Trinajstić information content (AvgIpc) is 3.18. The van der Waals surface area contributed by atoms with Crippen LogP contribution in [0.5, 0.6) is 5.75 Å². The number of ether oxygens (including phenoxy) is 1. The lowest BCUT2D eigenvalue weighted by atomic mass is 10.2. The van der Waals surface area contributed by atoms with Crippen molar-refractivity contribution in [3.8, 4) is 5.75 Å². The van der Waals surface area contributed by atoms with Gasteiger partial charge in [0, 0.05) is 18.3 Å². The molecule has 3 rings (SSSR count). The second kappa shape index (κ2) is 8.01. The van der Waals surface area contributed by atoms with Gasteiger partial charge in [0.25, 0.3) is 5.91 Å². The number of carbonyl (C=O) groups is 1. The summed E-state index contributed by atoms with van der Waals surface area (Å²) in [6.45, 7) is 0.931. The fourth-order valence-electron chi connectivity index (χ4n) is 2.35. The lowest BCUT2D eigenvalue weighted by Gasteiger charge is -2.10. The van der Waals surface area contributed by atoms with Gasteiger partial charge in [0.2, 0.25) is 0 Å². The predicted octanol–water partition coefficient (Wildman–Crippen LogP) is 3.23. The van der Waals surface area contributed by atoms with E-state index >= 15 is 0 Å². The minimum Gasteiger partial charge on any atom is -0.496 e. The normalized spacial score (nSPS) is 10.3. The monoisotopic (exact) mass is 337 g/mol. The molecule has 2 heterocycles. The Balaban J connectivity index is 1.55. The summed E-state index contributed by atoms with van der Waals surface area (Å²) in [7, 11) is 1.65. The molecule has 6 nitrogen and oxygen atoms in total. The smallest absolute Gasteiger partial charge is 0.253 e. The van der Waals surface area contributed by atoms with Crippen LogP contribution in [0.15, 0.2) is 65.4 Å². The van der Waals surface area contributed by atoms with Crippen LogP contribution in [-0.4, -0.2) is 18.0 Å². The standard InChI is InChI=1S/C19H19N3O3/c1-24-17-7-3-2-5-14(17)11-20-18-9-8-15(12-21-18)19(23)22-13-16-6-4-10-25-16/h2-10,12H,11,13H2,1H3,(H,20,21)(H,22,23). The molecule has 2 N–H and O–H groups in total. The van der Waals surface area contributed by atoms with Crippen molar-refractivity contribution >= 4 is 11.7 Å². The molecule has 0 spiro atoms. The van der Waals surface area contributed by atoms with Crippen LogP contribution in [-0.2, 0) is 13.1 Å². The van der Waals surface area contributed by atoms with E-state index in [0.717, 1.165) is 11.3 Å². The summed E-state index contributed by atoms with van der Waals surface area (Å²) in [6, 6.07) is 14.9. The van der Waals surface area contributed by atoms with Crippen molar-refractivity contribution in [3.05, 3.63) is 77.9 Å². The van der Waals surface area contributed by atoms with Gasteiger partial charge in [-0.1, -0.05) is 18.2 Å². The first-order valence-corrected chi connectivity index (χ1v) is 7.88. The van der Waals surface area contributed by atoms with Crippen LogP contribution in [0.2, 0.25) is 0 Å².